The molecule has 0 atom stereocenters. The maximum Gasteiger partial charge on any atom is 0.205 e. The first-order valence-corrected chi connectivity index (χ1v) is 6.24. The molecule has 0 aliphatic carbocycles. The summed E-state index contributed by atoms with van der Waals surface area (Å²) in [5.41, 5.74) is 1.05. The minimum Gasteiger partial charge on any atom is -0.354 e. The van der Waals surface area contributed by atoms with Crippen LogP contribution in [0.4, 0.5) is 5.13 Å². The van der Waals surface area contributed by atoms with Gasteiger partial charge in [0.1, 0.15) is 5.01 Å². The molecule has 0 saturated heterocycles. The highest BCUT2D eigenvalue weighted by atomic mass is 32.1. The lowest BCUT2D eigenvalue weighted by atomic mass is 10.3. The molecule has 2 aromatic heterocycles. The summed E-state index contributed by atoms with van der Waals surface area (Å²) in [5.74, 6) is 0. The molecule has 0 bridgehead atoms. The number of H-pyrrole nitrogens is 1. The molecule has 0 saturated carbocycles. The molecule has 2 rings (SSSR count). The lowest BCUT2D eigenvalue weighted by Crippen LogP contribution is -1.99. The molecular weight excluding hydrogens is 222 g/mol. The highest BCUT2D eigenvalue weighted by molar-refractivity contribution is 7.15. The third-order valence-corrected chi connectivity index (χ3v) is 3.14. The summed E-state index contributed by atoms with van der Waals surface area (Å²) in [6.45, 7) is 2.89. The predicted octanol–water partition coefficient (Wildman–Crippen LogP) is 2.22. The second-order valence-corrected chi connectivity index (χ2v) is 4.60. The van der Waals surface area contributed by atoms with Crippen LogP contribution in [0.5, 0.6) is 0 Å². The standard InChI is InChI=1S/C10H15N5S/c1-2-3-4-9-14-15-10(16-9)11-7-8-5-6-12-13-8/h5-6H,2-4,7H2,1H3,(H,11,15)(H,12,13). The highest BCUT2D eigenvalue weighted by Crippen LogP contribution is 2.17. The SMILES string of the molecule is CCCCc1nnc(NCc2ccn[nH]2)s1. The molecule has 0 fully saturated rings. The van der Waals surface area contributed by atoms with E-state index in [0.29, 0.717) is 6.54 Å². The molecule has 6 heteroatoms. The van der Waals surface area contributed by atoms with Gasteiger partial charge in [-0.3, -0.25) is 5.10 Å². The predicted molar refractivity (Wildman–Crippen MR) is 64.4 cm³/mol. The Hall–Kier alpha value is -1.43. The number of unbranched alkanes of at least 4 members (excludes halogenated alkanes) is 1. The Morgan fingerprint density at radius 2 is 2.38 bits per heavy atom. The van der Waals surface area contributed by atoms with Gasteiger partial charge in [0.2, 0.25) is 5.13 Å². The van der Waals surface area contributed by atoms with Gasteiger partial charge in [-0.1, -0.05) is 24.7 Å². The zero-order valence-corrected chi connectivity index (χ0v) is 10.0. The summed E-state index contributed by atoms with van der Waals surface area (Å²) < 4.78 is 0. The van der Waals surface area contributed by atoms with Crippen molar-refractivity contribution >= 4 is 16.5 Å². The van der Waals surface area contributed by atoms with Crippen molar-refractivity contribution in [1.82, 2.24) is 20.4 Å². The number of aromatic amines is 1. The molecule has 86 valence electrons. The fourth-order valence-electron chi connectivity index (χ4n) is 1.31. The Labute approximate surface area is 98.3 Å². The van der Waals surface area contributed by atoms with Gasteiger partial charge in [0.15, 0.2) is 0 Å². The first-order valence-electron chi connectivity index (χ1n) is 5.43. The van der Waals surface area contributed by atoms with Gasteiger partial charge in [0.05, 0.1) is 12.2 Å². The van der Waals surface area contributed by atoms with Gasteiger partial charge < -0.3 is 5.32 Å². The van der Waals surface area contributed by atoms with E-state index in [9.17, 15) is 0 Å². The van der Waals surface area contributed by atoms with Crippen molar-refractivity contribution in [2.75, 3.05) is 5.32 Å². The summed E-state index contributed by atoms with van der Waals surface area (Å²) >= 11 is 1.63. The van der Waals surface area contributed by atoms with E-state index in [4.69, 9.17) is 0 Å². The van der Waals surface area contributed by atoms with E-state index < -0.39 is 0 Å². The molecule has 0 aromatic carbocycles. The summed E-state index contributed by atoms with van der Waals surface area (Å²) in [5, 5.41) is 20.2. The zero-order valence-electron chi connectivity index (χ0n) is 9.23. The van der Waals surface area contributed by atoms with E-state index in [1.165, 1.54) is 12.8 Å². The average Bonchev–Trinajstić information content (AvgIpc) is 2.95. The molecule has 5 nitrogen and oxygen atoms in total. The van der Waals surface area contributed by atoms with E-state index in [0.717, 1.165) is 22.3 Å². The van der Waals surface area contributed by atoms with E-state index >= 15 is 0 Å². The number of aryl methyl sites for hydroxylation is 1. The number of rotatable bonds is 6. The molecule has 0 amide bonds. The van der Waals surface area contributed by atoms with Crippen molar-refractivity contribution in [3.63, 3.8) is 0 Å². The largest absolute Gasteiger partial charge is 0.354 e. The Morgan fingerprint density at radius 1 is 1.44 bits per heavy atom. The smallest absolute Gasteiger partial charge is 0.205 e. The molecule has 2 N–H and O–H groups in total. The number of aromatic nitrogens is 4. The van der Waals surface area contributed by atoms with E-state index in [2.05, 4.69) is 32.6 Å². The van der Waals surface area contributed by atoms with Crippen LogP contribution in [0.25, 0.3) is 0 Å². The molecule has 0 aliphatic heterocycles. The summed E-state index contributed by atoms with van der Waals surface area (Å²) in [4.78, 5) is 0. The third-order valence-electron chi connectivity index (χ3n) is 2.20. The zero-order chi connectivity index (χ0) is 11.2. The van der Waals surface area contributed by atoms with Crippen molar-refractivity contribution in [2.45, 2.75) is 32.7 Å². The molecule has 0 spiro atoms. The minimum atomic E-state index is 0.711. The van der Waals surface area contributed by atoms with Crippen LogP contribution in [-0.4, -0.2) is 20.4 Å². The van der Waals surface area contributed by atoms with Crippen molar-refractivity contribution in [1.29, 1.82) is 0 Å². The molecular formula is C10H15N5S. The van der Waals surface area contributed by atoms with Crippen LogP contribution in [0.15, 0.2) is 12.3 Å². The number of hydrogen-bond donors (Lipinski definition) is 2. The molecule has 2 aromatic rings. The summed E-state index contributed by atoms with van der Waals surface area (Å²) in [7, 11) is 0. The van der Waals surface area contributed by atoms with Gasteiger partial charge in [-0.05, 0) is 12.5 Å². The van der Waals surface area contributed by atoms with E-state index in [1.807, 2.05) is 6.07 Å². The van der Waals surface area contributed by atoms with E-state index in [1.54, 1.807) is 17.5 Å². The normalized spacial score (nSPS) is 10.6. The number of nitrogens with zero attached hydrogens (tertiary/aromatic N) is 3. The first kappa shape index (κ1) is 11.1. The van der Waals surface area contributed by atoms with Gasteiger partial charge >= 0.3 is 0 Å². The average molecular weight is 237 g/mol. The Kier molecular flexibility index (Phi) is 3.87. The maximum absolute atomic E-state index is 4.13. The first-order chi connectivity index (χ1) is 7.88. The second kappa shape index (κ2) is 5.60. The molecule has 16 heavy (non-hydrogen) atoms. The lowest BCUT2D eigenvalue weighted by Gasteiger charge is -1.97. The number of anilines is 1. The maximum atomic E-state index is 4.13. The molecule has 0 unspecified atom stereocenters. The Bertz CT molecular complexity index is 409. The van der Waals surface area contributed by atoms with Crippen molar-refractivity contribution in [3.8, 4) is 0 Å². The quantitative estimate of drug-likeness (QED) is 0.808. The van der Waals surface area contributed by atoms with Crippen molar-refractivity contribution in [2.24, 2.45) is 0 Å². The van der Waals surface area contributed by atoms with Crippen LogP contribution in [0, 0.1) is 0 Å². The number of hydrogen-bond acceptors (Lipinski definition) is 5. The van der Waals surface area contributed by atoms with Crippen molar-refractivity contribution in [3.05, 3.63) is 23.0 Å². The Balaban J connectivity index is 1.83. The van der Waals surface area contributed by atoms with Gasteiger partial charge in [0, 0.05) is 12.6 Å². The molecule has 2 heterocycles. The van der Waals surface area contributed by atoms with Gasteiger partial charge in [-0.25, -0.2) is 0 Å². The van der Waals surface area contributed by atoms with Gasteiger partial charge in [0.25, 0.3) is 0 Å². The molecule has 0 aliphatic rings. The lowest BCUT2D eigenvalue weighted by molar-refractivity contribution is 0.779. The second-order valence-electron chi connectivity index (χ2n) is 3.54. The fraction of sp³-hybridized carbons (Fsp3) is 0.500. The van der Waals surface area contributed by atoms with Crippen LogP contribution < -0.4 is 5.32 Å². The number of nitrogens with one attached hydrogen (secondary N) is 2. The van der Waals surface area contributed by atoms with Crippen LogP contribution >= 0.6 is 11.3 Å². The van der Waals surface area contributed by atoms with Crippen LogP contribution in [0.2, 0.25) is 0 Å². The topological polar surface area (TPSA) is 66.5 Å². The summed E-state index contributed by atoms with van der Waals surface area (Å²) in [6, 6.07) is 1.94. The third kappa shape index (κ3) is 3.03. The van der Waals surface area contributed by atoms with Gasteiger partial charge in [-0.2, -0.15) is 5.10 Å². The van der Waals surface area contributed by atoms with E-state index in [-0.39, 0.29) is 0 Å². The highest BCUT2D eigenvalue weighted by Gasteiger charge is 2.03. The fourth-order valence-corrected chi connectivity index (χ4v) is 2.09. The van der Waals surface area contributed by atoms with Crippen LogP contribution in [-0.2, 0) is 13.0 Å². The van der Waals surface area contributed by atoms with Crippen LogP contribution in [0.1, 0.15) is 30.5 Å². The minimum absolute atomic E-state index is 0.711. The van der Waals surface area contributed by atoms with Crippen molar-refractivity contribution < 1.29 is 0 Å². The summed E-state index contributed by atoms with van der Waals surface area (Å²) in [6.07, 6.45) is 5.13. The molecule has 0 radical (unpaired) electrons. The Morgan fingerprint density at radius 3 is 3.12 bits per heavy atom. The monoisotopic (exact) mass is 237 g/mol. The van der Waals surface area contributed by atoms with Gasteiger partial charge in [-0.15, -0.1) is 10.2 Å². The van der Waals surface area contributed by atoms with Crippen LogP contribution in [0.3, 0.4) is 0 Å².